The Bertz CT molecular complexity index is 380. The molecule has 0 saturated heterocycles. The predicted octanol–water partition coefficient (Wildman–Crippen LogP) is 0.748. The Morgan fingerprint density at radius 1 is 1.41 bits per heavy atom. The molecule has 0 aliphatic heterocycles. The molecule has 2 fully saturated rings. The van der Waals surface area contributed by atoms with E-state index in [1.165, 1.54) is 0 Å². The van der Waals surface area contributed by atoms with Crippen LogP contribution >= 0.6 is 0 Å². The van der Waals surface area contributed by atoms with Crippen LogP contribution in [-0.4, -0.2) is 24.0 Å². The van der Waals surface area contributed by atoms with E-state index < -0.39 is 11.4 Å². The first-order valence-corrected chi connectivity index (χ1v) is 5.94. The van der Waals surface area contributed by atoms with Gasteiger partial charge in [-0.3, -0.25) is 9.59 Å². The lowest BCUT2D eigenvalue weighted by Gasteiger charge is -2.22. The van der Waals surface area contributed by atoms with Gasteiger partial charge in [0.05, 0.1) is 12.0 Å². The van der Waals surface area contributed by atoms with Gasteiger partial charge in [-0.15, -0.1) is 0 Å². The van der Waals surface area contributed by atoms with Crippen molar-refractivity contribution in [3.8, 4) is 6.07 Å². The van der Waals surface area contributed by atoms with Crippen LogP contribution in [-0.2, 0) is 14.3 Å². The van der Waals surface area contributed by atoms with Crippen LogP contribution in [0.15, 0.2) is 0 Å². The van der Waals surface area contributed by atoms with E-state index in [0.29, 0.717) is 0 Å². The van der Waals surface area contributed by atoms with Crippen LogP contribution in [0.4, 0.5) is 0 Å². The van der Waals surface area contributed by atoms with Gasteiger partial charge >= 0.3 is 5.97 Å². The molecule has 0 spiro atoms. The highest BCUT2D eigenvalue weighted by Gasteiger charge is 2.43. The number of carbonyl (C=O) groups is 2. The number of amides is 1. The molecule has 0 bridgehead atoms. The van der Waals surface area contributed by atoms with Crippen molar-refractivity contribution in [2.75, 3.05) is 6.61 Å². The fourth-order valence-electron chi connectivity index (χ4n) is 1.78. The van der Waals surface area contributed by atoms with E-state index in [4.69, 9.17) is 10.00 Å². The van der Waals surface area contributed by atoms with Crippen molar-refractivity contribution in [1.82, 2.24) is 5.32 Å². The molecule has 5 nitrogen and oxygen atoms in total. The maximum Gasteiger partial charge on any atom is 0.309 e. The third-order valence-electron chi connectivity index (χ3n) is 3.28. The Morgan fingerprint density at radius 2 is 2.06 bits per heavy atom. The van der Waals surface area contributed by atoms with Gasteiger partial charge in [0.2, 0.25) is 0 Å². The largest absolute Gasteiger partial charge is 0.455 e. The van der Waals surface area contributed by atoms with Gasteiger partial charge in [0.15, 0.2) is 6.61 Å². The zero-order valence-electron chi connectivity index (χ0n) is 9.86. The van der Waals surface area contributed by atoms with Crippen LogP contribution in [0.25, 0.3) is 0 Å². The maximum atomic E-state index is 11.6. The third-order valence-corrected chi connectivity index (χ3v) is 3.28. The topological polar surface area (TPSA) is 79.2 Å². The number of hydrogen-bond donors (Lipinski definition) is 1. The van der Waals surface area contributed by atoms with E-state index in [1.807, 2.05) is 0 Å². The van der Waals surface area contributed by atoms with E-state index >= 15 is 0 Å². The van der Waals surface area contributed by atoms with Gasteiger partial charge in [0, 0.05) is 0 Å². The Hall–Kier alpha value is -1.57. The number of carbonyl (C=O) groups excluding carboxylic acids is 2. The van der Waals surface area contributed by atoms with Crippen molar-refractivity contribution in [3.63, 3.8) is 0 Å². The van der Waals surface area contributed by atoms with Crippen molar-refractivity contribution >= 4 is 11.9 Å². The summed E-state index contributed by atoms with van der Waals surface area (Å²) in [6.45, 7) is 1.44. The minimum atomic E-state index is -0.816. The number of ether oxygens (including phenoxy) is 1. The van der Waals surface area contributed by atoms with E-state index in [1.54, 1.807) is 6.92 Å². The van der Waals surface area contributed by atoms with Gasteiger partial charge in [0.25, 0.3) is 5.91 Å². The minimum Gasteiger partial charge on any atom is -0.455 e. The lowest BCUT2D eigenvalue weighted by Crippen LogP contribution is -2.48. The Labute approximate surface area is 100 Å². The minimum absolute atomic E-state index is 0.00594. The highest BCUT2D eigenvalue weighted by molar-refractivity contribution is 5.82. The zero-order valence-corrected chi connectivity index (χ0v) is 9.86. The zero-order chi connectivity index (χ0) is 12.5. The van der Waals surface area contributed by atoms with Crippen molar-refractivity contribution in [3.05, 3.63) is 0 Å². The molecular weight excluding hydrogens is 220 g/mol. The highest BCUT2D eigenvalue weighted by Crippen LogP contribution is 2.39. The molecule has 2 aliphatic carbocycles. The second-order valence-corrected chi connectivity index (χ2v) is 5.02. The number of nitriles is 1. The van der Waals surface area contributed by atoms with Crippen LogP contribution < -0.4 is 5.32 Å². The van der Waals surface area contributed by atoms with Crippen LogP contribution in [0.2, 0.25) is 0 Å². The summed E-state index contributed by atoms with van der Waals surface area (Å²) in [5.74, 6) is -0.468. The molecule has 17 heavy (non-hydrogen) atoms. The highest BCUT2D eigenvalue weighted by atomic mass is 16.5. The van der Waals surface area contributed by atoms with Gasteiger partial charge in [-0.25, -0.2) is 0 Å². The quantitative estimate of drug-likeness (QED) is 0.714. The molecule has 2 rings (SSSR count). The maximum absolute atomic E-state index is 11.6. The van der Waals surface area contributed by atoms with Crippen molar-refractivity contribution in [2.24, 2.45) is 11.8 Å². The smallest absolute Gasteiger partial charge is 0.309 e. The molecule has 0 aromatic carbocycles. The monoisotopic (exact) mass is 236 g/mol. The van der Waals surface area contributed by atoms with Crippen molar-refractivity contribution in [1.29, 1.82) is 5.26 Å². The molecule has 0 radical (unpaired) electrons. The Balaban J connectivity index is 1.76. The number of rotatable bonds is 5. The molecule has 2 aliphatic rings. The van der Waals surface area contributed by atoms with Crippen molar-refractivity contribution in [2.45, 2.75) is 38.1 Å². The summed E-state index contributed by atoms with van der Waals surface area (Å²) in [6, 6.07) is 2.12. The summed E-state index contributed by atoms with van der Waals surface area (Å²) >= 11 is 0. The summed E-state index contributed by atoms with van der Waals surface area (Å²) in [7, 11) is 0. The first-order valence-electron chi connectivity index (χ1n) is 5.94. The number of nitrogens with zero attached hydrogens (tertiary/aromatic N) is 1. The van der Waals surface area contributed by atoms with E-state index in [9.17, 15) is 9.59 Å². The van der Waals surface area contributed by atoms with Crippen LogP contribution in [0.3, 0.4) is 0 Å². The molecule has 0 aromatic rings. The van der Waals surface area contributed by atoms with Gasteiger partial charge in [-0.2, -0.15) is 5.26 Å². The van der Waals surface area contributed by atoms with Gasteiger partial charge in [-0.1, -0.05) is 0 Å². The van der Waals surface area contributed by atoms with Gasteiger partial charge in [0.1, 0.15) is 5.54 Å². The molecule has 92 valence electrons. The summed E-state index contributed by atoms with van der Waals surface area (Å²) in [5, 5.41) is 11.7. The second kappa shape index (κ2) is 4.36. The van der Waals surface area contributed by atoms with Crippen molar-refractivity contribution < 1.29 is 14.3 Å². The molecular formula is C12H16N2O3. The summed E-state index contributed by atoms with van der Waals surface area (Å²) in [4.78, 5) is 22.8. The lowest BCUT2D eigenvalue weighted by molar-refractivity contribution is -0.150. The summed E-state index contributed by atoms with van der Waals surface area (Å²) < 4.78 is 4.86. The molecule has 5 heteroatoms. The SMILES string of the molecule is C[C@](C#N)(NC(=O)COC(=O)C1CC1)C1CC1. The molecule has 2 saturated carbocycles. The first kappa shape index (κ1) is 11.9. The summed E-state index contributed by atoms with van der Waals surface area (Å²) in [6.07, 6.45) is 3.65. The fraction of sp³-hybridized carbons (Fsp3) is 0.750. The molecule has 0 aromatic heterocycles. The fourth-order valence-corrected chi connectivity index (χ4v) is 1.78. The second-order valence-electron chi connectivity index (χ2n) is 5.02. The molecule has 0 unspecified atom stereocenters. The average molecular weight is 236 g/mol. The number of esters is 1. The van der Waals surface area contributed by atoms with Crippen LogP contribution in [0.1, 0.15) is 32.6 Å². The predicted molar refractivity (Wildman–Crippen MR) is 58.6 cm³/mol. The first-order chi connectivity index (χ1) is 8.05. The normalized spacial score (nSPS) is 22.1. The Morgan fingerprint density at radius 3 is 2.53 bits per heavy atom. The van der Waals surface area contributed by atoms with E-state index in [0.717, 1.165) is 25.7 Å². The summed E-state index contributed by atoms with van der Waals surface area (Å²) in [5.41, 5.74) is -0.816. The third kappa shape index (κ3) is 2.96. The molecule has 1 amide bonds. The van der Waals surface area contributed by atoms with Gasteiger partial charge in [-0.05, 0) is 38.5 Å². The van der Waals surface area contributed by atoms with Gasteiger partial charge < -0.3 is 10.1 Å². The molecule has 1 atom stereocenters. The molecule has 1 N–H and O–H groups in total. The standard InChI is InChI=1S/C12H16N2O3/c1-12(7-13,9-4-5-9)14-10(15)6-17-11(16)8-2-3-8/h8-9H,2-6H2,1H3,(H,14,15)/t12-/m1/s1. The lowest BCUT2D eigenvalue weighted by atomic mass is 9.98. The number of hydrogen-bond acceptors (Lipinski definition) is 4. The van der Waals surface area contributed by atoms with E-state index in [-0.39, 0.29) is 24.4 Å². The van der Waals surface area contributed by atoms with Crippen LogP contribution in [0.5, 0.6) is 0 Å². The number of nitrogens with one attached hydrogen (secondary N) is 1. The van der Waals surface area contributed by atoms with E-state index in [2.05, 4.69) is 11.4 Å². The Kier molecular flexibility index (Phi) is 3.05. The van der Waals surface area contributed by atoms with Crippen LogP contribution in [0, 0.1) is 23.2 Å². The average Bonchev–Trinajstić information content (AvgIpc) is 3.17. The molecule has 0 heterocycles.